The molecule has 0 spiro atoms. The Bertz CT molecular complexity index is 1550. The molecule has 3 aromatic carbocycles. The largest absolute Gasteiger partial charge is 0.495 e. The molecule has 0 aliphatic carbocycles. The van der Waals surface area contributed by atoms with E-state index in [4.69, 9.17) is 9.72 Å². The molecular weight excluding hydrogens is 492 g/mol. The number of sulfonamides is 1. The average molecular weight is 519 g/mol. The third-order valence-electron chi connectivity index (χ3n) is 6.36. The Morgan fingerprint density at radius 3 is 2.30 bits per heavy atom. The maximum absolute atomic E-state index is 12.7. The summed E-state index contributed by atoms with van der Waals surface area (Å²) in [6.07, 6.45) is 0. The molecule has 5 rings (SSSR count). The van der Waals surface area contributed by atoms with E-state index in [1.54, 1.807) is 43.5 Å². The normalized spacial score (nSPS) is 14.0. The summed E-state index contributed by atoms with van der Waals surface area (Å²) in [5, 5.41) is 10.3. The number of carbonyl (C=O) groups is 1. The summed E-state index contributed by atoms with van der Waals surface area (Å²) in [4.78, 5) is 21.3. The number of nitrogens with one attached hydrogen (secondary N) is 1. The van der Waals surface area contributed by atoms with E-state index < -0.39 is 16.0 Å². The SMILES string of the molecule is COc1ccccc1N1CCN(c2cc(C(=O)O)c3cc(NS(=O)(=O)c4ccccc4)ccc3n2)CC1. The predicted molar refractivity (Wildman–Crippen MR) is 143 cm³/mol. The van der Waals surface area contributed by atoms with E-state index in [0.717, 1.165) is 24.5 Å². The molecule has 10 heteroatoms. The second kappa shape index (κ2) is 9.98. The first-order valence-corrected chi connectivity index (χ1v) is 13.2. The number of nitrogens with zero attached hydrogens (tertiary/aromatic N) is 3. The first-order chi connectivity index (χ1) is 17.9. The fourth-order valence-electron chi connectivity index (χ4n) is 4.50. The summed E-state index contributed by atoms with van der Waals surface area (Å²) in [5.74, 6) is 0.276. The third kappa shape index (κ3) is 5.01. The standard InChI is InChI=1S/C27H26N4O5S/c1-36-25-10-6-5-9-24(25)30-13-15-31(16-14-30)26-18-22(27(32)33)21-17-19(11-12-23(21)28-26)29-37(34,35)20-7-3-2-4-8-20/h2-12,17-18,29H,13-16H2,1H3,(H,32,33). The number of anilines is 3. The van der Waals surface area contributed by atoms with Gasteiger partial charge in [-0.2, -0.15) is 0 Å². The molecule has 0 amide bonds. The maximum atomic E-state index is 12.7. The molecule has 2 N–H and O–H groups in total. The topological polar surface area (TPSA) is 112 Å². The van der Waals surface area contributed by atoms with E-state index in [-0.39, 0.29) is 16.1 Å². The Kier molecular flexibility index (Phi) is 6.58. The van der Waals surface area contributed by atoms with Crippen LogP contribution in [0.4, 0.5) is 17.2 Å². The van der Waals surface area contributed by atoms with Crippen LogP contribution in [-0.4, -0.2) is 57.8 Å². The van der Waals surface area contributed by atoms with Crippen molar-refractivity contribution in [2.24, 2.45) is 0 Å². The molecule has 0 unspecified atom stereocenters. The molecule has 0 saturated carbocycles. The lowest BCUT2D eigenvalue weighted by atomic mass is 10.1. The van der Waals surface area contributed by atoms with Crippen LogP contribution in [-0.2, 0) is 10.0 Å². The van der Waals surface area contributed by atoms with Crippen LogP contribution >= 0.6 is 0 Å². The number of benzene rings is 3. The van der Waals surface area contributed by atoms with Crippen molar-refractivity contribution in [3.8, 4) is 5.75 Å². The zero-order chi connectivity index (χ0) is 26.0. The lowest BCUT2D eigenvalue weighted by molar-refractivity contribution is 0.0699. The van der Waals surface area contributed by atoms with E-state index in [1.165, 1.54) is 18.2 Å². The van der Waals surface area contributed by atoms with Crippen molar-refractivity contribution in [2.45, 2.75) is 4.90 Å². The number of aromatic carboxylic acids is 1. The lowest BCUT2D eigenvalue weighted by Crippen LogP contribution is -2.47. The first kappa shape index (κ1) is 24.4. The Morgan fingerprint density at radius 1 is 0.919 bits per heavy atom. The fourth-order valence-corrected chi connectivity index (χ4v) is 5.57. The average Bonchev–Trinajstić information content (AvgIpc) is 2.92. The number of piperazine rings is 1. The zero-order valence-corrected chi connectivity index (χ0v) is 21.0. The number of hydrogen-bond acceptors (Lipinski definition) is 7. The molecule has 1 saturated heterocycles. The molecular formula is C27H26N4O5S. The van der Waals surface area contributed by atoms with Gasteiger partial charge in [0.05, 0.1) is 28.8 Å². The van der Waals surface area contributed by atoms with E-state index in [2.05, 4.69) is 14.5 Å². The van der Waals surface area contributed by atoms with Crippen molar-refractivity contribution >= 4 is 44.1 Å². The van der Waals surface area contributed by atoms with Crippen molar-refractivity contribution in [3.05, 3.63) is 84.4 Å². The van der Waals surface area contributed by atoms with E-state index >= 15 is 0 Å². The highest BCUT2D eigenvalue weighted by Crippen LogP contribution is 2.31. The van der Waals surface area contributed by atoms with Crippen LogP contribution in [0.5, 0.6) is 5.75 Å². The quantitative estimate of drug-likeness (QED) is 0.377. The monoisotopic (exact) mass is 518 g/mol. The number of aromatic nitrogens is 1. The molecule has 0 atom stereocenters. The minimum atomic E-state index is -3.81. The van der Waals surface area contributed by atoms with Crippen molar-refractivity contribution < 1.29 is 23.1 Å². The van der Waals surface area contributed by atoms with Gasteiger partial charge in [-0.3, -0.25) is 4.72 Å². The Labute approximate surface area is 215 Å². The number of carboxylic acid groups (broad SMARTS) is 1. The highest BCUT2D eigenvalue weighted by Gasteiger charge is 2.23. The second-order valence-electron chi connectivity index (χ2n) is 8.63. The van der Waals surface area contributed by atoms with Crippen LogP contribution in [0.2, 0.25) is 0 Å². The van der Waals surface area contributed by atoms with Gasteiger partial charge >= 0.3 is 5.97 Å². The van der Waals surface area contributed by atoms with Gasteiger partial charge in [0.2, 0.25) is 0 Å². The smallest absolute Gasteiger partial charge is 0.336 e. The first-order valence-electron chi connectivity index (χ1n) is 11.7. The predicted octanol–water partition coefficient (Wildman–Crippen LogP) is 4.07. The molecule has 1 aromatic heterocycles. The number of fused-ring (bicyclic) bond motifs is 1. The molecule has 37 heavy (non-hydrogen) atoms. The molecule has 190 valence electrons. The lowest BCUT2D eigenvalue weighted by Gasteiger charge is -2.37. The minimum absolute atomic E-state index is 0.0629. The number of rotatable bonds is 7. The van der Waals surface area contributed by atoms with Gasteiger partial charge in [0.1, 0.15) is 11.6 Å². The van der Waals surface area contributed by atoms with E-state index in [1.807, 2.05) is 24.3 Å². The highest BCUT2D eigenvalue weighted by atomic mass is 32.2. The fraction of sp³-hybridized carbons (Fsp3) is 0.185. The minimum Gasteiger partial charge on any atom is -0.495 e. The number of carboxylic acids is 1. The number of hydrogen-bond donors (Lipinski definition) is 2. The molecule has 1 aliphatic heterocycles. The molecule has 0 bridgehead atoms. The number of pyridine rings is 1. The van der Waals surface area contributed by atoms with Gasteiger partial charge in [0, 0.05) is 37.3 Å². The van der Waals surface area contributed by atoms with Crippen molar-refractivity contribution in [2.75, 3.05) is 47.8 Å². The molecule has 1 aliphatic rings. The summed E-state index contributed by atoms with van der Waals surface area (Å²) < 4.78 is 33.5. The van der Waals surface area contributed by atoms with Crippen molar-refractivity contribution in [1.82, 2.24) is 4.98 Å². The van der Waals surface area contributed by atoms with Crippen LogP contribution in [0.3, 0.4) is 0 Å². The summed E-state index contributed by atoms with van der Waals surface area (Å²) in [6.45, 7) is 2.76. The maximum Gasteiger partial charge on any atom is 0.336 e. The third-order valence-corrected chi connectivity index (χ3v) is 7.76. The van der Waals surface area contributed by atoms with Crippen molar-refractivity contribution in [1.29, 1.82) is 0 Å². The Morgan fingerprint density at radius 2 is 1.59 bits per heavy atom. The van der Waals surface area contributed by atoms with Crippen LogP contribution < -0.4 is 19.3 Å². The summed E-state index contributed by atoms with van der Waals surface area (Å²) in [7, 11) is -2.16. The van der Waals surface area contributed by atoms with Crippen LogP contribution in [0.25, 0.3) is 10.9 Å². The van der Waals surface area contributed by atoms with Gasteiger partial charge in [-0.1, -0.05) is 30.3 Å². The van der Waals surface area contributed by atoms with Crippen LogP contribution in [0, 0.1) is 0 Å². The highest BCUT2D eigenvalue weighted by molar-refractivity contribution is 7.92. The van der Waals surface area contributed by atoms with Gasteiger partial charge in [-0.15, -0.1) is 0 Å². The number of methoxy groups -OCH3 is 1. The van der Waals surface area contributed by atoms with Gasteiger partial charge in [-0.25, -0.2) is 18.2 Å². The van der Waals surface area contributed by atoms with Gasteiger partial charge in [0.15, 0.2) is 0 Å². The Balaban J connectivity index is 1.40. The number of ether oxygens (including phenoxy) is 1. The molecule has 2 heterocycles. The summed E-state index contributed by atoms with van der Waals surface area (Å²) >= 11 is 0. The van der Waals surface area contributed by atoms with Crippen LogP contribution in [0.15, 0.2) is 83.8 Å². The van der Waals surface area contributed by atoms with Gasteiger partial charge in [-0.05, 0) is 48.5 Å². The zero-order valence-electron chi connectivity index (χ0n) is 20.2. The van der Waals surface area contributed by atoms with E-state index in [0.29, 0.717) is 29.8 Å². The summed E-state index contributed by atoms with van der Waals surface area (Å²) in [5.41, 5.74) is 1.82. The van der Waals surface area contributed by atoms with Crippen LogP contribution in [0.1, 0.15) is 10.4 Å². The van der Waals surface area contributed by atoms with Crippen molar-refractivity contribution in [3.63, 3.8) is 0 Å². The summed E-state index contributed by atoms with van der Waals surface area (Å²) in [6, 6.07) is 22.1. The van der Waals surface area contributed by atoms with E-state index in [9.17, 15) is 18.3 Å². The Hall–Kier alpha value is -4.31. The molecule has 9 nitrogen and oxygen atoms in total. The molecule has 1 fully saturated rings. The second-order valence-corrected chi connectivity index (χ2v) is 10.3. The van der Waals surface area contributed by atoms with Gasteiger partial charge in [0.25, 0.3) is 10.0 Å². The molecule has 0 radical (unpaired) electrons. The number of para-hydroxylation sites is 2. The molecule has 4 aromatic rings. The van der Waals surface area contributed by atoms with Gasteiger partial charge < -0.3 is 19.6 Å².